The molecule has 13 rings (SSSR count). The predicted molar refractivity (Wildman–Crippen MR) is 251 cm³/mol. The average Bonchev–Trinajstić information content (AvgIpc) is 3.99. The van der Waals surface area contributed by atoms with Crippen molar-refractivity contribution in [1.82, 2.24) is 0 Å². The highest BCUT2D eigenvalue weighted by molar-refractivity contribution is 7.25. The van der Waals surface area contributed by atoms with Crippen molar-refractivity contribution >= 4 is 96.7 Å². The first-order chi connectivity index (χ1) is 29.3. The summed E-state index contributed by atoms with van der Waals surface area (Å²) in [6, 6.07) is 70.1. The molecule has 59 heavy (non-hydrogen) atoms. The van der Waals surface area contributed by atoms with E-state index in [1.807, 2.05) is 11.3 Å². The van der Waals surface area contributed by atoms with Gasteiger partial charge in [0, 0.05) is 52.8 Å². The van der Waals surface area contributed by atoms with Gasteiger partial charge in [-0.2, -0.15) is 0 Å². The highest BCUT2D eigenvalue weighted by Gasteiger charge is 2.23. The Bertz CT molecular complexity index is 3770. The number of benzene rings is 10. The summed E-state index contributed by atoms with van der Waals surface area (Å²) in [6.45, 7) is 0. The molecule has 3 aromatic heterocycles. The summed E-state index contributed by atoms with van der Waals surface area (Å²) in [6.07, 6.45) is 0. The largest absolute Gasteiger partial charge is 0.455 e. The fraction of sp³-hybridized carbons (Fsp3) is 0. The minimum atomic E-state index is 0.902. The van der Waals surface area contributed by atoms with E-state index in [-0.39, 0.29) is 0 Å². The SMILES string of the molecule is c1ccc(-c2oc3cc4sc5ccc(-c6c7ccccc7c(-c7cccc8oc9c%10ccccc%10ccc9c78)c7ccccc67)cc5c4cc3c2-c2ccccc2)cc1. The number of hydrogen-bond acceptors (Lipinski definition) is 3. The Morgan fingerprint density at radius 1 is 0.322 bits per heavy atom. The molecule has 0 N–H and O–H groups in total. The van der Waals surface area contributed by atoms with Crippen LogP contribution in [0.3, 0.4) is 0 Å². The van der Waals surface area contributed by atoms with Gasteiger partial charge < -0.3 is 8.83 Å². The van der Waals surface area contributed by atoms with Gasteiger partial charge in [0.15, 0.2) is 0 Å². The van der Waals surface area contributed by atoms with Crippen molar-refractivity contribution in [3.63, 3.8) is 0 Å². The van der Waals surface area contributed by atoms with Crippen LogP contribution in [0.4, 0.5) is 0 Å². The minimum Gasteiger partial charge on any atom is -0.455 e. The number of hydrogen-bond donors (Lipinski definition) is 0. The smallest absolute Gasteiger partial charge is 0.143 e. The van der Waals surface area contributed by atoms with Gasteiger partial charge in [0.25, 0.3) is 0 Å². The number of fused-ring (bicyclic) bond motifs is 11. The van der Waals surface area contributed by atoms with Crippen molar-refractivity contribution < 1.29 is 8.83 Å². The fourth-order valence-electron chi connectivity index (χ4n) is 9.70. The summed E-state index contributed by atoms with van der Waals surface area (Å²) in [5.41, 5.74) is 11.0. The number of thiophene rings is 1. The Balaban J connectivity index is 1.06. The summed E-state index contributed by atoms with van der Waals surface area (Å²) in [5, 5.41) is 13.1. The zero-order chi connectivity index (χ0) is 38.6. The van der Waals surface area contributed by atoms with E-state index in [1.165, 1.54) is 69.4 Å². The van der Waals surface area contributed by atoms with E-state index >= 15 is 0 Å². The van der Waals surface area contributed by atoms with Crippen LogP contribution in [0, 0.1) is 0 Å². The predicted octanol–water partition coefficient (Wildman–Crippen LogP) is 16.8. The number of furan rings is 2. The maximum Gasteiger partial charge on any atom is 0.143 e. The topological polar surface area (TPSA) is 26.3 Å². The van der Waals surface area contributed by atoms with Crippen molar-refractivity contribution in [1.29, 1.82) is 0 Å². The van der Waals surface area contributed by atoms with Crippen molar-refractivity contribution in [3.8, 4) is 44.7 Å². The second-order valence-corrected chi connectivity index (χ2v) is 16.6. The molecule has 10 aromatic carbocycles. The molecule has 2 nitrogen and oxygen atoms in total. The van der Waals surface area contributed by atoms with Crippen LogP contribution in [-0.4, -0.2) is 0 Å². The molecule has 3 heteroatoms. The molecule has 0 spiro atoms. The van der Waals surface area contributed by atoms with Gasteiger partial charge in [0.2, 0.25) is 0 Å². The summed E-state index contributed by atoms with van der Waals surface area (Å²) in [5.74, 6) is 0.903. The van der Waals surface area contributed by atoms with E-state index in [9.17, 15) is 0 Å². The zero-order valence-corrected chi connectivity index (χ0v) is 32.5. The molecule has 13 aromatic rings. The Hall–Kier alpha value is -7.46. The van der Waals surface area contributed by atoms with Crippen molar-refractivity contribution in [3.05, 3.63) is 194 Å². The number of rotatable bonds is 4. The molecule has 0 aliphatic carbocycles. The lowest BCUT2D eigenvalue weighted by atomic mass is 9.84. The van der Waals surface area contributed by atoms with Gasteiger partial charge in [0.1, 0.15) is 22.5 Å². The van der Waals surface area contributed by atoms with E-state index in [0.29, 0.717) is 0 Å². The molecule has 0 unspecified atom stereocenters. The van der Waals surface area contributed by atoms with Crippen LogP contribution in [0.5, 0.6) is 0 Å². The third-order valence-electron chi connectivity index (χ3n) is 12.3. The first-order valence-corrected chi connectivity index (χ1v) is 20.9. The molecule has 0 atom stereocenters. The van der Waals surface area contributed by atoms with Crippen LogP contribution in [0.15, 0.2) is 203 Å². The molecular formula is C56H32O2S. The molecule has 0 amide bonds. The molecule has 0 aliphatic rings. The van der Waals surface area contributed by atoms with Gasteiger partial charge in [0.05, 0.1) is 0 Å². The van der Waals surface area contributed by atoms with E-state index < -0.39 is 0 Å². The van der Waals surface area contributed by atoms with E-state index in [1.54, 1.807) is 0 Å². The highest BCUT2D eigenvalue weighted by atomic mass is 32.1. The summed E-state index contributed by atoms with van der Waals surface area (Å²) < 4.78 is 15.9. The molecular weight excluding hydrogens is 737 g/mol. The van der Waals surface area contributed by atoms with Crippen LogP contribution >= 0.6 is 11.3 Å². The van der Waals surface area contributed by atoms with Gasteiger partial charge >= 0.3 is 0 Å². The molecule has 3 heterocycles. The van der Waals surface area contributed by atoms with Crippen molar-refractivity contribution in [2.24, 2.45) is 0 Å². The molecule has 0 aliphatic heterocycles. The quantitative estimate of drug-likeness (QED) is 0.167. The summed E-state index contributed by atoms with van der Waals surface area (Å²) in [4.78, 5) is 0. The highest BCUT2D eigenvalue weighted by Crippen LogP contribution is 2.50. The third kappa shape index (κ3) is 4.80. The Labute approximate surface area is 342 Å². The fourth-order valence-corrected chi connectivity index (χ4v) is 10.8. The zero-order valence-electron chi connectivity index (χ0n) is 31.7. The Kier molecular flexibility index (Phi) is 6.92. The second kappa shape index (κ2) is 12.5. The lowest BCUT2D eigenvalue weighted by molar-refractivity contribution is 0.633. The van der Waals surface area contributed by atoms with Crippen LogP contribution in [0.1, 0.15) is 0 Å². The maximum absolute atomic E-state index is 6.75. The summed E-state index contributed by atoms with van der Waals surface area (Å²) in [7, 11) is 0. The van der Waals surface area contributed by atoms with Crippen molar-refractivity contribution in [2.45, 2.75) is 0 Å². The monoisotopic (exact) mass is 768 g/mol. The lowest BCUT2D eigenvalue weighted by Crippen LogP contribution is -1.91. The summed E-state index contributed by atoms with van der Waals surface area (Å²) >= 11 is 1.83. The molecule has 0 saturated heterocycles. The first kappa shape index (κ1) is 32.6. The average molecular weight is 769 g/mol. The van der Waals surface area contributed by atoms with E-state index in [2.05, 4.69) is 194 Å². The molecule has 0 bridgehead atoms. The molecule has 0 saturated carbocycles. The van der Waals surface area contributed by atoms with Crippen molar-refractivity contribution in [2.75, 3.05) is 0 Å². The molecule has 274 valence electrons. The second-order valence-electron chi connectivity index (χ2n) is 15.5. The lowest BCUT2D eigenvalue weighted by Gasteiger charge is -2.18. The van der Waals surface area contributed by atoms with E-state index in [4.69, 9.17) is 8.83 Å². The van der Waals surface area contributed by atoms with E-state index in [0.717, 1.165) is 60.7 Å². The third-order valence-corrected chi connectivity index (χ3v) is 13.4. The Morgan fingerprint density at radius 3 is 1.71 bits per heavy atom. The van der Waals surface area contributed by atoms with Gasteiger partial charge in [-0.25, -0.2) is 0 Å². The van der Waals surface area contributed by atoms with Crippen LogP contribution in [0.25, 0.3) is 130 Å². The van der Waals surface area contributed by atoms with Crippen LogP contribution in [0.2, 0.25) is 0 Å². The first-order valence-electron chi connectivity index (χ1n) is 20.1. The van der Waals surface area contributed by atoms with Gasteiger partial charge in [-0.3, -0.25) is 0 Å². The normalized spacial score (nSPS) is 12.1. The van der Waals surface area contributed by atoms with Gasteiger partial charge in [-0.1, -0.05) is 158 Å². The molecule has 0 radical (unpaired) electrons. The van der Waals surface area contributed by atoms with Gasteiger partial charge in [-0.05, 0) is 91.1 Å². The minimum absolute atomic E-state index is 0.902. The van der Waals surface area contributed by atoms with Gasteiger partial charge in [-0.15, -0.1) is 11.3 Å². The molecule has 0 fully saturated rings. The standard InChI is InChI=1S/C56H32O2S/c1-3-15-34(16-4-1)52-46-31-45-44-30-36(27-29-49(44)59-50(45)32-48(46)58-55(52)35-17-5-2-6-18-35)51-38-20-9-11-22-40(38)53(41-23-12-10-21-39(41)51)42-24-13-25-47-54(42)43-28-26-33-14-7-8-19-37(33)56(43)57-47/h1-32H. The Morgan fingerprint density at radius 2 is 0.966 bits per heavy atom. The van der Waals surface area contributed by atoms with Crippen LogP contribution < -0.4 is 0 Å². The maximum atomic E-state index is 6.75. The van der Waals surface area contributed by atoms with Crippen LogP contribution in [-0.2, 0) is 0 Å².